The Morgan fingerprint density at radius 3 is 2.37 bits per heavy atom. The lowest BCUT2D eigenvalue weighted by Gasteiger charge is -2.24. The highest BCUT2D eigenvalue weighted by Gasteiger charge is 2.48. The predicted octanol–water partition coefficient (Wildman–Crippen LogP) is 1.73. The molecule has 1 unspecified atom stereocenters. The standard InChI is InChI=1S/C22H24N2O6/c1-3-29-21(27)17-18(23-12-8-11-16(23)14-25)20(26)24(19(17)22(28)30-4-2)13-15-9-6-5-7-10-15/h5-12,19,25H,3-4,13-14H2,1-2H3. The van der Waals surface area contributed by atoms with Gasteiger partial charge in [-0.2, -0.15) is 0 Å². The number of amides is 1. The Labute approximate surface area is 174 Å². The van der Waals surface area contributed by atoms with E-state index in [-0.39, 0.29) is 37.6 Å². The summed E-state index contributed by atoms with van der Waals surface area (Å²) >= 11 is 0. The molecule has 0 radical (unpaired) electrons. The molecule has 1 amide bonds. The van der Waals surface area contributed by atoms with Crippen LogP contribution in [-0.2, 0) is 37.0 Å². The molecular formula is C22H24N2O6. The van der Waals surface area contributed by atoms with Crippen LogP contribution in [0.2, 0.25) is 0 Å². The Morgan fingerprint density at radius 1 is 1.03 bits per heavy atom. The highest BCUT2D eigenvalue weighted by atomic mass is 16.5. The number of benzene rings is 1. The van der Waals surface area contributed by atoms with Crippen molar-refractivity contribution >= 4 is 23.5 Å². The van der Waals surface area contributed by atoms with Crippen LogP contribution in [0.4, 0.5) is 0 Å². The first-order chi connectivity index (χ1) is 14.5. The lowest BCUT2D eigenvalue weighted by atomic mass is 10.1. The number of hydrogen-bond acceptors (Lipinski definition) is 6. The molecule has 0 bridgehead atoms. The van der Waals surface area contributed by atoms with Crippen LogP contribution in [0, 0.1) is 0 Å². The van der Waals surface area contributed by atoms with E-state index in [1.54, 1.807) is 32.2 Å². The summed E-state index contributed by atoms with van der Waals surface area (Å²) in [7, 11) is 0. The van der Waals surface area contributed by atoms with E-state index in [9.17, 15) is 19.5 Å². The number of aliphatic hydroxyl groups is 1. The van der Waals surface area contributed by atoms with E-state index >= 15 is 0 Å². The number of carbonyl (C=O) groups is 3. The molecule has 8 heteroatoms. The van der Waals surface area contributed by atoms with Crippen LogP contribution in [-0.4, -0.2) is 51.7 Å². The Balaban J connectivity index is 2.16. The minimum Gasteiger partial charge on any atom is -0.464 e. The van der Waals surface area contributed by atoms with Gasteiger partial charge in [0.15, 0.2) is 6.04 Å². The van der Waals surface area contributed by atoms with E-state index in [0.29, 0.717) is 5.69 Å². The Hall–Kier alpha value is -3.39. The van der Waals surface area contributed by atoms with E-state index in [2.05, 4.69) is 0 Å². The largest absolute Gasteiger partial charge is 0.464 e. The zero-order chi connectivity index (χ0) is 21.7. The van der Waals surface area contributed by atoms with Crippen LogP contribution in [0.1, 0.15) is 25.1 Å². The van der Waals surface area contributed by atoms with Gasteiger partial charge in [-0.3, -0.25) is 4.79 Å². The minimum atomic E-state index is -1.25. The molecule has 2 heterocycles. The quantitative estimate of drug-likeness (QED) is 0.663. The molecule has 30 heavy (non-hydrogen) atoms. The van der Waals surface area contributed by atoms with Gasteiger partial charge in [-0.15, -0.1) is 0 Å². The van der Waals surface area contributed by atoms with Crippen molar-refractivity contribution in [3.8, 4) is 0 Å². The summed E-state index contributed by atoms with van der Waals surface area (Å²) < 4.78 is 11.8. The van der Waals surface area contributed by atoms with Crippen molar-refractivity contribution in [2.75, 3.05) is 13.2 Å². The number of aromatic nitrogens is 1. The first-order valence-electron chi connectivity index (χ1n) is 9.73. The molecule has 1 aromatic heterocycles. The summed E-state index contributed by atoms with van der Waals surface area (Å²) in [5.41, 5.74) is 1.09. The lowest BCUT2D eigenvalue weighted by molar-refractivity contribution is -0.153. The summed E-state index contributed by atoms with van der Waals surface area (Å²) in [4.78, 5) is 40.5. The number of rotatable bonds is 8. The Kier molecular flexibility index (Phi) is 6.68. The summed E-state index contributed by atoms with van der Waals surface area (Å²) in [6, 6.07) is 11.2. The summed E-state index contributed by atoms with van der Waals surface area (Å²) in [5.74, 6) is -2.00. The van der Waals surface area contributed by atoms with Crippen LogP contribution < -0.4 is 0 Å². The molecule has 2 aromatic rings. The summed E-state index contributed by atoms with van der Waals surface area (Å²) in [5, 5.41) is 9.67. The second-order valence-corrected chi connectivity index (χ2v) is 6.58. The van der Waals surface area contributed by atoms with E-state index in [1.807, 2.05) is 30.3 Å². The first kappa shape index (κ1) is 21.3. The molecule has 8 nitrogen and oxygen atoms in total. The highest BCUT2D eigenvalue weighted by molar-refractivity contribution is 6.26. The SMILES string of the molecule is CCOC(=O)C1=C(n2cccc2CO)C(=O)N(Cc2ccccc2)C1C(=O)OCC. The van der Waals surface area contributed by atoms with Gasteiger partial charge >= 0.3 is 11.9 Å². The third-order valence-electron chi connectivity index (χ3n) is 4.74. The van der Waals surface area contributed by atoms with Crippen LogP contribution in [0.3, 0.4) is 0 Å². The van der Waals surface area contributed by atoms with Gasteiger partial charge in [0, 0.05) is 18.4 Å². The molecule has 3 rings (SSSR count). The van der Waals surface area contributed by atoms with Gasteiger partial charge in [0.25, 0.3) is 5.91 Å². The Bertz CT molecular complexity index is 963. The smallest absolute Gasteiger partial charge is 0.339 e. The summed E-state index contributed by atoms with van der Waals surface area (Å²) in [6.45, 7) is 3.23. The average Bonchev–Trinajstić information content (AvgIpc) is 3.31. The number of carbonyl (C=O) groups excluding carboxylic acids is 3. The monoisotopic (exact) mass is 412 g/mol. The first-order valence-corrected chi connectivity index (χ1v) is 9.73. The van der Waals surface area contributed by atoms with Crippen molar-refractivity contribution in [1.82, 2.24) is 9.47 Å². The van der Waals surface area contributed by atoms with Gasteiger partial charge in [0.1, 0.15) is 11.3 Å². The minimum absolute atomic E-state index is 0.0171. The van der Waals surface area contributed by atoms with E-state index in [0.717, 1.165) is 5.56 Å². The fraction of sp³-hybridized carbons (Fsp3) is 0.318. The fourth-order valence-electron chi connectivity index (χ4n) is 3.48. The maximum absolute atomic E-state index is 13.5. The number of nitrogens with zero attached hydrogens (tertiary/aromatic N) is 2. The van der Waals surface area contributed by atoms with Gasteiger partial charge in [-0.1, -0.05) is 30.3 Å². The molecule has 158 valence electrons. The maximum atomic E-state index is 13.5. The third kappa shape index (κ3) is 3.99. The molecule has 1 aliphatic rings. The number of aliphatic hydroxyl groups excluding tert-OH is 1. The van der Waals surface area contributed by atoms with E-state index in [4.69, 9.17) is 9.47 Å². The van der Waals surface area contributed by atoms with Crippen LogP contribution in [0.5, 0.6) is 0 Å². The average molecular weight is 412 g/mol. The van der Waals surface area contributed by atoms with Crippen molar-refractivity contribution in [2.45, 2.75) is 33.0 Å². The highest BCUT2D eigenvalue weighted by Crippen LogP contribution is 2.33. The Morgan fingerprint density at radius 2 is 1.73 bits per heavy atom. The van der Waals surface area contributed by atoms with Crippen LogP contribution in [0.15, 0.2) is 54.2 Å². The number of ether oxygens (including phenoxy) is 2. The molecule has 0 spiro atoms. The van der Waals surface area contributed by atoms with Crippen LogP contribution in [0.25, 0.3) is 5.70 Å². The van der Waals surface area contributed by atoms with Gasteiger partial charge in [0.05, 0.1) is 19.8 Å². The normalized spacial score (nSPS) is 16.2. The second-order valence-electron chi connectivity index (χ2n) is 6.58. The van der Waals surface area contributed by atoms with Crippen molar-refractivity contribution in [2.24, 2.45) is 0 Å². The molecular weight excluding hydrogens is 388 g/mol. The van der Waals surface area contributed by atoms with Crippen molar-refractivity contribution in [3.05, 3.63) is 65.5 Å². The van der Waals surface area contributed by atoms with E-state index in [1.165, 1.54) is 9.47 Å². The van der Waals surface area contributed by atoms with Gasteiger partial charge in [-0.25, -0.2) is 9.59 Å². The molecule has 1 aliphatic heterocycles. The van der Waals surface area contributed by atoms with E-state index < -0.39 is 23.9 Å². The molecule has 0 saturated carbocycles. The number of hydrogen-bond donors (Lipinski definition) is 1. The zero-order valence-electron chi connectivity index (χ0n) is 16.9. The fourth-order valence-corrected chi connectivity index (χ4v) is 3.48. The third-order valence-corrected chi connectivity index (χ3v) is 4.74. The molecule has 1 atom stereocenters. The molecule has 0 saturated heterocycles. The summed E-state index contributed by atoms with van der Waals surface area (Å²) in [6.07, 6.45) is 1.56. The van der Waals surface area contributed by atoms with Crippen molar-refractivity contribution < 1.29 is 29.0 Å². The second kappa shape index (κ2) is 9.41. The van der Waals surface area contributed by atoms with Crippen molar-refractivity contribution in [3.63, 3.8) is 0 Å². The molecule has 0 fully saturated rings. The van der Waals surface area contributed by atoms with Crippen LogP contribution >= 0.6 is 0 Å². The van der Waals surface area contributed by atoms with Gasteiger partial charge in [-0.05, 0) is 31.5 Å². The topological polar surface area (TPSA) is 98.1 Å². The number of esters is 2. The predicted molar refractivity (Wildman–Crippen MR) is 108 cm³/mol. The molecule has 1 aromatic carbocycles. The zero-order valence-corrected chi connectivity index (χ0v) is 16.9. The molecule has 0 aliphatic carbocycles. The molecule has 1 N–H and O–H groups in total. The van der Waals surface area contributed by atoms with Crippen molar-refractivity contribution in [1.29, 1.82) is 0 Å². The lowest BCUT2D eigenvalue weighted by Crippen LogP contribution is -2.43. The van der Waals surface area contributed by atoms with Gasteiger partial charge < -0.3 is 24.0 Å². The van der Waals surface area contributed by atoms with Gasteiger partial charge in [0.2, 0.25) is 0 Å². The maximum Gasteiger partial charge on any atom is 0.339 e.